The van der Waals surface area contributed by atoms with Gasteiger partial charge in [-0.25, -0.2) is 0 Å². The Labute approximate surface area is 306 Å². The van der Waals surface area contributed by atoms with Gasteiger partial charge < -0.3 is 14.2 Å². The first-order valence-electron chi connectivity index (χ1n) is 18.3. The summed E-state index contributed by atoms with van der Waals surface area (Å²) in [5.74, 6) is 2.69. The number of hydrogen-bond donors (Lipinski definition) is 0. The van der Waals surface area contributed by atoms with Gasteiger partial charge in [-0.1, -0.05) is 164 Å². The molecule has 0 aliphatic carbocycles. The van der Waals surface area contributed by atoms with Gasteiger partial charge in [0, 0.05) is 57.5 Å². The molecule has 52 heavy (non-hydrogen) atoms. The molecular formula is C49H42O3. The second-order valence-corrected chi connectivity index (χ2v) is 13.3. The SMILES string of the molecule is Cc1c(-c2c3ccccc3c(OCCc3ccccc3)c3ccccc23)c(OCCc2ccccc2)c2ccccc2c1OCCc1ccccc1. The predicted molar refractivity (Wildman–Crippen MR) is 216 cm³/mol. The lowest BCUT2D eigenvalue weighted by Gasteiger charge is -2.24. The van der Waals surface area contributed by atoms with E-state index < -0.39 is 0 Å². The fraction of sp³-hybridized carbons (Fsp3) is 0.143. The molecule has 3 nitrogen and oxygen atoms in total. The first kappa shape index (κ1) is 33.1. The van der Waals surface area contributed by atoms with Gasteiger partial charge in [0.05, 0.1) is 19.8 Å². The fourth-order valence-corrected chi connectivity index (χ4v) is 7.40. The molecule has 0 saturated carbocycles. The molecule has 0 aliphatic heterocycles. The monoisotopic (exact) mass is 678 g/mol. The highest BCUT2D eigenvalue weighted by Gasteiger charge is 2.25. The molecule has 0 bridgehead atoms. The van der Waals surface area contributed by atoms with E-state index in [1.165, 1.54) is 16.7 Å². The van der Waals surface area contributed by atoms with Gasteiger partial charge in [0.2, 0.25) is 0 Å². The van der Waals surface area contributed by atoms with Gasteiger partial charge in [-0.05, 0) is 34.4 Å². The third-order valence-electron chi connectivity index (χ3n) is 9.93. The molecular weight excluding hydrogens is 637 g/mol. The molecule has 8 aromatic carbocycles. The molecule has 0 fully saturated rings. The number of hydrogen-bond acceptors (Lipinski definition) is 3. The van der Waals surface area contributed by atoms with Gasteiger partial charge in [-0.2, -0.15) is 0 Å². The zero-order valence-corrected chi connectivity index (χ0v) is 29.6. The Hall–Kier alpha value is -6.06. The zero-order valence-electron chi connectivity index (χ0n) is 29.6. The molecule has 0 aliphatic rings. The van der Waals surface area contributed by atoms with E-state index >= 15 is 0 Å². The van der Waals surface area contributed by atoms with Crippen molar-refractivity contribution < 1.29 is 14.2 Å². The van der Waals surface area contributed by atoms with Gasteiger partial charge in [-0.15, -0.1) is 0 Å². The van der Waals surface area contributed by atoms with Crippen molar-refractivity contribution in [3.63, 3.8) is 0 Å². The zero-order chi connectivity index (χ0) is 35.1. The number of rotatable bonds is 13. The normalized spacial score (nSPS) is 11.2. The fourth-order valence-electron chi connectivity index (χ4n) is 7.40. The van der Waals surface area contributed by atoms with Crippen LogP contribution in [0.3, 0.4) is 0 Å². The summed E-state index contributed by atoms with van der Waals surface area (Å²) in [6.07, 6.45) is 2.46. The Balaban J connectivity index is 1.30. The van der Waals surface area contributed by atoms with Crippen molar-refractivity contribution in [2.24, 2.45) is 0 Å². The van der Waals surface area contributed by atoms with Crippen LogP contribution in [0.2, 0.25) is 0 Å². The van der Waals surface area contributed by atoms with Crippen molar-refractivity contribution in [2.75, 3.05) is 19.8 Å². The molecule has 0 saturated heterocycles. The van der Waals surface area contributed by atoms with E-state index in [2.05, 4.69) is 171 Å². The number of benzene rings is 8. The molecule has 8 aromatic rings. The third-order valence-corrected chi connectivity index (χ3v) is 9.93. The lowest BCUT2D eigenvalue weighted by atomic mass is 9.86. The Morgan fingerprint density at radius 1 is 0.308 bits per heavy atom. The molecule has 0 N–H and O–H groups in total. The first-order chi connectivity index (χ1) is 25.8. The molecule has 0 aromatic heterocycles. The van der Waals surface area contributed by atoms with Crippen molar-refractivity contribution in [1.82, 2.24) is 0 Å². The highest BCUT2D eigenvalue weighted by molar-refractivity contribution is 6.19. The van der Waals surface area contributed by atoms with Gasteiger partial charge in [-0.3, -0.25) is 0 Å². The highest BCUT2D eigenvalue weighted by Crippen LogP contribution is 2.51. The summed E-state index contributed by atoms with van der Waals surface area (Å²) < 4.78 is 20.5. The van der Waals surface area contributed by atoms with Crippen molar-refractivity contribution >= 4 is 32.3 Å². The van der Waals surface area contributed by atoms with E-state index in [9.17, 15) is 0 Å². The maximum Gasteiger partial charge on any atom is 0.135 e. The van der Waals surface area contributed by atoms with E-state index in [1.54, 1.807) is 0 Å². The van der Waals surface area contributed by atoms with Crippen molar-refractivity contribution in [2.45, 2.75) is 26.2 Å². The Morgan fingerprint density at radius 2 is 0.615 bits per heavy atom. The van der Waals surface area contributed by atoms with Crippen molar-refractivity contribution in [3.8, 4) is 28.4 Å². The quantitative estimate of drug-likeness (QED) is 0.114. The largest absolute Gasteiger partial charge is 0.492 e. The summed E-state index contributed by atoms with van der Waals surface area (Å²) in [6.45, 7) is 3.89. The molecule has 0 heterocycles. The smallest absolute Gasteiger partial charge is 0.135 e. The van der Waals surface area contributed by atoms with Crippen LogP contribution in [0.5, 0.6) is 17.2 Å². The summed E-state index contributed by atoms with van der Waals surface area (Å²) in [5.41, 5.74) is 7.02. The average molecular weight is 679 g/mol. The summed E-state index contributed by atoms with van der Waals surface area (Å²) in [7, 11) is 0. The molecule has 0 atom stereocenters. The molecule has 3 heteroatoms. The minimum Gasteiger partial charge on any atom is -0.492 e. The summed E-state index contributed by atoms with van der Waals surface area (Å²) >= 11 is 0. The summed E-state index contributed by atoms with van der Waals surface area (Å²) in [6, 6.07) is 57.4. The van der Waals surface area contributed by atoms with Crippen molar-refractivity contribution in [3.05, 3.63) is 186 Å². The van der Waals surface area contributed by atoms with Crippen LogP contribution in [0.4, 0.5) is 0 Å². The van der Waals surface area contributed by atoms with Crippen LogP contribution in [0.15, 0.2) is 164 Å². The minimum absolute atomic E-state index is 0.547. The molecule has 8 rings (SSSR count). The lowest BCUT2D eigenvalue weighted by molar-refractivity contribution is 0.318. The average Bonchev–Trinajstić information content (AvgIpc) is 3.20. The molecule has 0 spiro atoms. The minimum atomic E-state index is 0.547. The topological polar surface area (TPSA) is 27.7 Å². The highest BCUT2D eigenvalue weighted by atomic mass is 16.5. The van der Waals surface area contributed by atoms with Crippen LogP contribution in [0.25, 0.3) is 43.4 Å². The van der Waals surface area contributed by atoms with Gasteiger partial charge in [0.15, 0.2) is 0 Å². The van der Waals surface area contributed by atoms with Gasteiger partial charge >= 0.3 is 0 Å². The second kappa shape index (κ2) is 15.4. The van der Waals surface area contributed by atoms with E-state index in [0.29, 0.717) is 19.8 Å². The Morgan fingerprint density at radius 3 is 1.04 bits per heavy atom. The molecule has 0 unspecified atom stereocenters. The second-order valence-electron chi connectivity index (χ2n) is 13.3. The Bertz CT molecular complexity index is 2380. The van der Waals surface area contributed by atoms with Crippen LogP contribution in [0, 0.1) is 6.92 Å². The van der Waals surface area contributed by atoms with Crippen molar-refractivity contribution in [1.29, 1.82) is 0 Å². The molecule has 0 radical (unpaired) electrons. The molecule has 256 valence electrons. The van der Waals surface area contributed by atoms with Crippen LogP contribution in [-0.4, -0.2) is 19.8 Å². The number of ether oxygens (including phenoxy) is 3. The first-order valence-corrected chi connectivity index (χ1v) is 18.3. The maximum atomic E-state index is 6.97. The van der Waals surface area contributed by atoms with Crippen LogP contribution in [-0.2, 0) is 19.3 Å². The predicted octanol–water partition coefficient (Wildman–Crippen LogP) is 12.0. The summed E-state index contributed by atoms with van der Waals surface area (Å²) in [5, 5.41) is 6.51. The van der Waals surface area contributed by atoms with E-state index in [0.717, 1.165) is 85.5 Å². The lowest BCUT2D eigenvalue weighted by Crippen LogP contribution is -2.08. The summed E-state index contributed by atoms with van der Waals surface area (Å²) in [4.78, 5) is 0. The maximum absolute atomic E-state index is 6.97. The van der Waals surface area contributed by atoms with Gasteiger partial charge in [0.25, 0.3) is 0 Å². The van der Waals surface area contributed by atoms with E-state index in [4.69, 9.17) is 14.2 Å². The van der Waals surface area contributed by atoms with Crippen LogP contribution >= 0.6 is 0 Å². The molecule has 0 amide bonds. The van der Waals surface area contributed by atoms with E-state index in [-0.39, 0.29) is 0 Å². The van der Waals surface area contributed by atoms with Crippen LogP contribution in [0.1, 0.15) is 22.3 Å². The van der Waals surface area contributed by atoms with E-state index in [1.807, 2.05) is 0 Å². The Kier molecular flexibility index (Phi) is 9.84. The third kappa shape index (κ3) is 6.83. The van der Waals surface area contributed by atoms with Gasteiger partial charge in [0.1, 0.15) is 17.2 Å². The van der Waals surface area contributed by atoms with Crippen LogP contribution < -0.4 is 14.2 Å². The number of fused-ring (bicyclic) bond motifs is 3. The standard InChI is InChI=1S/C49H42O3/c1-35-45(46-39-23-11-13-25-41(39)48(42-26-14-12-24-40(42)46)51-33-30-37-19-7-3-8-20-37)49(52-34-31-38-21-9-4-10-22-38)44-28-16-15-27-43(44)47(35)50-32-29-36-17-5-2-6-18-36/h2-28H,29-34H2,1H3.